The molecule has 0 heterocycles. The van der Waals surface area contributed by atoms with Crippen molar-refractivity contribution < 1.29 is 18.3 Å². The van der Waals surface area contributed by atoms with Crippen LogP contribution < -0.4 is 0 Å². The molecular weight excluding hydrogens is 229 g/mol. The Balaban J connectivity index is 3.40. The smallest absolute Gasteiger partial charge is 0.417 e. The molecule has 0 aliphatic heterocycles. The Bertz CT molecular complexity index is 439. The fraction of sp³-hybridized carbons (Fsp3) is 0.385. The summed E-state index contributed by atoms with van der Waals surface area (Å²) < 4.78 is 38.5. The molecule has 0 aromatic heterocycles. The van der Waals surface area contributed by atoms with Gasteiger partial charge in [-0.1, -0.05) is 33.4 Å². The van der Waals surface area contributed by atoms with Gasteiger partial charge in [0, 0.05) is 0 Å². The summed E-state index contributed by atoms with van der Waals surface area (Å²) in [5.74, 6) is -0.400. The summed E-state index contributed by atoms with van der Waals surface area (Å²) in [6.45, 7) is 9.10. The van der Waals surface area contributed by atoms with E-state index in [0.29, 0.717) is 5.57 Å². The van der Waals surface area contributed by atoms with E-state index in [4.69, 9.17) is 5.11 Å². The molecule has 1 rings (SSSR count). The first-order valence-electron chi connectivity index (χ1n) is 5.13. The molecule has 0 aliphatic rings. The van der Waals surface area contributed by atoms with Gasteiger partial charge < -0.3 is 5.11 Å². The average Bonchev–Trinajstić information content (AvgIpc) is 2.14. The number of aromatic hydroxyl groups is 1. The number of halogens is 3. The van der Waals surface area contributed by atoms with E-state index in [1.54, 1.807) is 20.8 Å². The lowest BCUT2D eigenvalue weighted by molar-refractivity contribution is -0.137. The van der Waals surface area contributed by atoms with Crippen molar-refractivity contribution in [3.05, 3.63) is 35.9 Å². The maximum atomic E-state index is 12.8. The predicted octanol–water partition coefficient (Wildman–Crippen LogP) is 4.47. The zero-order chi connectivity index (χ0) is 13.4. The van der Waals surface area contributed by atoms with Crippen molar-refractivity contribution in [3.63, 3.8) is 0 Å². The first-order valence-corrected chi connectivity index (χ1v) is 5.13. The van der Waals surface area contributed by atoms with Crippen LogP contribution in [0.15, 0.2) is 24.8 Å². The van der Waals surface area contributed by atoms with Gasteiger partial charge in [-0.05, 0) is 28.7 Å². The van der Waals surface area contributed by atoms with Crippen LogP contribution in [0, 0.1) is 5.41 Å². The van der Waals surface area contributed by atoms with Crippen LogP contribution in [0.2, 0.25) is 0 Å². The van der Waals surface area contributed by atoms with Crippen molar-refractivity contribution in [1.82, 2.24) is 0 Å². The van der Waals surface area contributed by atoms with Crippen LogP contribution in [0.4, 0.5) is 13.2 Å². The van der Waals surface area contributed by atoms with Crippen LogP contribution in [-0.4, -0.2) is 5.11 Å². The van der Waals surface area contributed by atoms with Crippen LogP contribution in [0.25, 0.3) is 5.57 Å². The van der Waals surface area contributed by atoms with Gasteiger partial charge in [-0.3, -0.25) is 0 Å². The van der Waals surface area contributed by atoms with E-state index in [2.05, 4.69) is 6.58 Å². The fourth-order valence-electron chi connectivity index (χ4n) is 1.43. The van der Waals surface area contributed by atoms with E-state index < -0.39 is 22.9 Å². The van der Waals surface area contributed by atoms with Crippen molar-refractivity contribution in [2.24, 2.45) is 5.41 Å². The zero-order valence-electron chi connectivity index (χ0n) is 10.0. The second-order valence-corrected chi connectivity index (χ2v) is 4.96. The molecular formula is C13H15F3O. The number of alkyl halides is 3. The number of allylic oxidation sites excluding steroid dienone is 1. The minimum absolute atomic E-state index is 0.0304. The van der Waals surface area contributed by atoms with Gasteiger partial charge in [0.15, 0.2) is 0 Å². The topological polar surface area (TPSA) is 20.2 Å². The summed E-state index contributed by atoms with van der Waals surface area (Å²) in [6.07, 6.45) is -4.50. The summed E-state index contributed by atoms with van der Waals surface area (Å²) >= 11 is 0. The molecule has 0 aliphatic carbocycles. The molecule has 17 heavy (non-hydrogen) atoms. The summed E-state index contributed by atoms with van der Waals surface area (Å²) in [4.78, 5) is 0. The highest BCUT2D eigenvalue weighted by Crippen LogP contribution is 2.41. The first kappa shape index (κ1) is 13.6. The van der Waals surface area contributed by atoms with Crippen molar-refractivity contribution in [2.75, 3.05) is 0 Å². The molecule has 0 saturated heterocycles. The fourth-order valence-corrected chi connectivity index (χ4v) is 1.43. The van der Waals surface area contributed by atoms with Gasteiger partial charge in [0.05, 0.1) is 5.56 Å². The van der Waals surface area contributed by atoms with Gasteiger partial charge in [0.2, 0.25) is 0 Å². The Morgan fingerprint density at radius 3 is 2.12 bits per heavy atom. The lowest BCUT2D eigenvalue weighted by atomic mass is 9.81. The summed E-state index contributed by atoms with van der Waals surface area (Å²) in [7, 11) is 0. The molecule has 94 valence electrons. The second kappa shape index (κ2) is 4.09. The van der Waals surface area contributed by atoms with Crippen LogP contribution in [0.3, 0.4) is 0 Å². The lowest BCUT2D eigenvalue weighted by Crippen LogP contribution is -2.14. The molecule has 4 heteroatoms. The van der Waals surface area contributed by atoms with Gasteiger partial charge in [-0.2, -0.15) is 13.2 Å². The molecule has 1 nitrogen and oxygen atoms in total. The monoisotopic (exact) mass is 244 g/mol. The van der Waals surface area contributed by atoms with Crippen molar-refractivity contribution in [1.29, 1.82) is 0 Å². The van der Waals surface area contributed by atoms with E-state index in [1.807, 2.05) is 0 Å². The number of phenols is 1. The molecule has 0 amide bonds. The highest BCUT2D eigenvalue weighted by atomic mass is 19.4. The number of hydrogen-bond donors (Lipinski definition) is 1. The molecule has 0 saturated carbocycles. The molecule has 1 aromatic rings. The normalized spacial score (nSPS) is 12.6. The van der Waals surface area contributed by atoms with Crippen molar-refractivity contribution in [3.8, 4) is 5.75 Å². The van der Waals surface area contributed by atoms with Crippen LogP contribution >= 0.6 is 0 Å². The Labute approximate surface area is 98.6 Å². The van der Waals surface area contributed by atoms with Crippen LogP contribution in [-0.2, 0) is 6.18 Å². The number of hydrogen-bond acceptors (Lipinski definition) is 1. The predicted molar refractivity (Wildman–Crippen MR) is 61.6 cm³/mol. The maximum Gasteiger partial charge on any atom is 0.417 e. The molecule has 1 aromatic carbocycles. The molecule has 0 atom stereocenters. The standard InChI is InChI=1S/C13H15F3O/c1-8(12(2,3)4)10-6-5-9(17)7-11(10)13(14,15)16/h5-7,17H,1H2,2-4H3. The lowest BCUT2D eigenvalue weighted by Gasteiger charge is -2.25. The minimum Gasteiger partial charge on any atom is -0.508 e. The molecule has 1 N–H and O–H groups in total. The third-order valence-electron chi connectivity index (χ3n) is 2.54. The Kier molecular flexibility index (Phi) is 3.28. The van der Waals surface area contributed by atoms with Gasteiger partial charge in [0.25, 0.3) is 0 Å². The summed E-state index contributed by atoms with van der Waals surface area (Å²) in [5.41, 5.74) is -0.887. The largest absolute Gasteiger partial charge is 0.508 e. The van der Waals surface area contributed by atoms with Gasteiger partial charge >= 0.3 is 6.18 Å². The average molecular weight is 244 g/mol. The Hall–Kier alpha value is -1.45. The van der Waals surface area contributed by atoms with Crippen molar-refractivity contribution >= 4 is 5.57 Å². The van der Waals surface area contributed by atoms with E-state index in [-0.39, 0.29) is 5.56 Å². The molecule has 0 unspecified atom stereocenters. The number of phenolic OH excluding ortho intramolecular Hbond substituents is 1. The van der Waals surface area contributed by atoms with Crippen molar-refractivity contribution in [2.45, 2.75) is 26.9 Å². The quantitative estimate of drug-likeness (QED) is 0.772. The van der Waals surface area contributed by atoms with Gasteiger partial charge in [-0.15, -0.1) is 0 Å². The Morgan fingerprint density at radius 2 is 1.71 bits per heavy atom. The molecule has 0 radical (unpaired) electrons. The number of benzene rings is 1. The first-order chi connectivity index (χ1) is 7.53. The molecule has 0 fully saturated rings. The zero-order valence-corrected chi connectivity index (χ0v) is 10.0. The van der Waals surface area contributed by atoms with Crippen LogP contribution in [0.5, 0.6) is 5.75 Å². The number of rotatable bonds is 1. The molecule has 0 spiro atoms. The molecule has 0 bridgehead atoms. The van der Waals surface area contributed by atoms with E-state index >= 15 is 0 Å². The van der Waals surface area contributed by atoms with E-state index in [9.17, 15) is 13.2 Å². The second-order valence-electron chi connectivity index (χ2n) is 4.96. The third-order valence-corrected chi connectivity index (χ3v) is 2.54. The minimum atomic E-state index is -4.50. The SMILES string of the molecule is C=C(c1ccc(O)cc1C(F)(F)F)C(C)(C)C. The van der Waals surface area contributed by atoms with Gasteiger partial charge in [0.1, 0.15) is 5.75 Å². The van der Waals surface area contributed by atoms with E-state index in [1.165, 1.54) is 12.1 Å². The highest BCUT2D eigenvalue weighted by Gasteiger charge is 2.35. The summed E-state index contributed by atoms with van der Waals surface area (Å²) in [6, 6.07) is 3.22. The maximum absolute atomic E-state index is 12.8. The third kappa shape index (κ3) is 3.02. The Morgan fingerprint density at radius 1 is 1.18 bits per heavy atom. The van der Waals surface area contributed by atoms with E-state index in [0.717, 1.165) is 6.07 Å². The van der Waals surface area contributed by atoms with Gasteiger partial charge in [-0.25, -0.2) is 0 Å². The summed E-state index contributed by atoms with van der Waals surface area (Å²) in [5, 5.41) is 9.16. The van der Waals surface area contributed by atoms with Crippen LogP contribution in [0.1, 0.15) is 31.9 Å². The highest BCUT2D eigenvalue weighted by molar-refractivity contribution is 5.71.